The lowest BCUT2D eigenvalue weighted by molar-refractivity contribution is -0.664. The fraction of sp³-hybridized carbons (Fsp3) is 0.320. The predicted molar refractivity (Wildman–Crippen MR) is 155 cm³/mol. The summed E-state index contributed by atoms with van der Waals surface area (Å²) in [6.45, 7) is 1.84. The van der Waals surface area contributed by atoms with E-state index in [0.29, 0.717) is 18.5 Å². The van der Waals surface area contributed by atoms with Crippen molar-refractivity contribution in [1.29, 1.82) is 0 Å². The van der Waals surface area contributed by atoms with Crippen molar-refractivity contribution in [2.45, 2.75) is 37.4 Å². The van der Waals surface area contributed by atoms with Gasteiger partial charge in [0.15, 0.2) is 10.8 Å². The molecule has 0 radical (unpaired) electrons. The number of hydrogen-bond acceptors (Lipinski definition) is 12. The van der Waals surface area contributed by atoms with Gasteiger partial charge in [-0.05, 0) is 32.0 Å². The van der Waals surface area contributed by atoms with Crippen LogP contribution in [0.25, 0.3) is 11.0 Å². The average molecular weight is 649 g/mol. The number of carboxylic acid groups (broad SMARTS) is 2. The van der Waals surface area contributed by atoms with Gasteiger partial charge in [-0.3, -0.25) is 14.5 Å². The molecular formula is C25H25ClN8O7S2. The van der Waals surface area contributed by atoms with E-state index in [0.717, 1.165) is 32.8 Å². The second-order valence-electron chi connectivity index (χ2n) is 9.55. The number of carbonyl (C=O) groups is 4. The smallest absolute Gasteiger partial charge is 0.347 e. The summed E-state index contributed by atoms with van der Waals surface area (Å²) in [6.07, 6.45) is 2.91. The highest BCUT2D eigenvalue weighted by atomic mass is 35.5. The molecule has 226 valence electrons. The number of aromatic amines is 1. The summed E-state index contributed by atoms with van der Waals surface area (Å²) in [5.41, 5.74) is 12.7. The van der Waals surface area contributed by atoms with Crippen molar-refractivity contribution in [3.05, 3.63) is 51.4 Å². The van der Waals surface area contributed by atoms with E-state index in [4.69, 9.17) is 33.0 Å². The molecule has 1 saturated heterocycles. The third-order valence-corrected chi connectivity index (χ3v) is 9.22. The molecule has 0 spiro atoms. The van der Waals surface area contributed by atoms with Gasteiger partial charge in [-0.2, -0.15) is 0 Å². The Hall–Kier alpha value is -4.19. The fourth-order valence-electron chi connectivity index (χ4n) is 4.74. The number of pyridine rings is 1. The number of aliphatic carboxylic acids is 2. The zero-order chi connectivity index (χ0) is 31.0. The molecular weight excluding hydrogens is 624 g/mol. The Bertz CT molecular complexity index is 1700. The van der Waals surface area contributed by atoms with Crippen molar-refractivity contribution in [3.8, 4) is 0 Å². The molecule has 7 N–H and O–H groups in total. The van der Waals surface area contributed by atoms with Crippen LogP contribution >= 0.6 is 34.7 Å². The lowest BCUT2D eigenvalue weighted by atomic mass is 10.0. The minimum atomic E-state index is -1.52. The number of halogens is 1. The molecule has 0 aliphatic carbocycles. The summed E-state index contributed by atoms with van der Waals surface area (Å²) in [7, 11) is 0. The van der Waals surface area contributed by atoms with Gasteiger partial charge in [-0.15, -0.1) is 11.8 Å². The van der Waals surface area contributed by atoms with Crippen LogP contribution in [0.1, 0.15) is 18.2 Å². The van der Waals surface area contributed by atoms with Gasteiger partial charge in [0, 0.05) is 16.9 Å². The van der Waals surface area contributed by atoms with Crippen LogP contribution in [0.4, 0.5) is 5.13 Å². The topological polar surface area (TPSA) is 233 Å². The van der Waals surface area contributed by atoms with Crippen molar-refractivity contribution in [2.24, 2.45) is 10.9 Å². The first-order chi connectivity index (χ1) is 20.5. The molecule has 1 fully saturated rings. The number of rotatable bonds is 11. The Morgan fingerprint density at radius 1 is 1.44 bits per heavy atom. The van der Waals surface area contributed by atoms with Gasteiger partial charge in [-0.25, -0.2) is 19.3 Å². The first kappa shape index (κ1) is 30.3. The molecule has 2 aliphatic heterocycles. The highest BCUT2D eigenvalue weighted by Gasteiger charge is 2.53. The molecule has 43 heavy (non-hydrogen) atoms. The molecule has 3 aromatic heterocycles. The van der Waals surface area contributed by atoms with Gasteiger partial charge >= 0.3 is 5.97 Å². The maximum Gasteiger partial charge on any atom is 0.347 e. The lowest BCUT2D eigenvalue weighted by Crippen LogP contribution is -2.71. The van der Waals surface area contributed by atoms with Crippen molar-refractivity contribution in [2.75, 3.05) is 18.0 Å². The number of thioether (sulfide) groups is 1. The third kappa shape index (κ3) is 5.75. The number of thiazole rings is 1. The molecule has 3 atom stereocenters. The number of H-pyrrole nitrogens is 1. The highest BCUT2D eigenvalue weighted by Crippen LogP contribution is 2.40. The molecule has 3 aromatic rings. The zero-order valence-electron chi connectivity index (χ0n) is 22.4. The SMILES string of the molecule is C[C@H](O/N=C(\C(=O)N[C@@H]1C(=O)N2C(C(=O)[O-])=C(C[n+]3cccc4c(CCN)c[nH]c43)CS[C@H]12)c1nc(N)sc1Cl)C(=O)O. The second-order valence-corrected chi connectivity index (χ2v) is 12.3. The maximum atomic E-state index is 13.3. The van der Waals surface area contributed by atoms with E-state index < -0.39 is 47.0 Å². The molecule has 18 heteroatoms. The standard InChI is InChI=1S/C25H25ClN8O7S2/c1-10(23(37)38)41-32-15(14-18(26)43-25(28)31-14)20(35)30-16-21(36)34-17(24(39)40)12(9-42-22(16)34)8-33-6-2-3-13-11(4-5-27)7-29-19(13)33/h2-3,6-7,10,16,22H,4-5,8-9,27H2,1H3,(H5,28,30,31,35,37,38,39,40)/b32-15-/t10-,16+,22+/m0/s1. The van der Waals surface area contributed by atoms with Crippen molar-refractivity contribution >= 4 is 80.3 Å². The molecule has 0 bridgehead atoms. The minimum absolute atomic E-state index is 0.0110. The first-order valence-corrected chi connectivity index (χ1v) is 15.0. The summed E-state index contributed by atoms with van der Waals surface area (Å²) >= 11 is 8.27. The lowest BCUT2D eigenvalue weighted by Gasteiger charge is -2.50. The summed E-state index contributed by atoms with van der Waals surface area (Å²) in [4.78, 5) is 63.2. The number of amides is 2. The van der Waals surface area contributed by atoms with Crippen LogP contribution in [-0.4, -0.2) is 79.3 Å². The summed E-state index contributed by atoms with van der Waals surface area (Å²) in [5.74, 6) is -4.26. The molecule has 2 amide bonds. The van der Waals surface area contributed by atoms with E-state index in [2.05, 4.69) is 20.4 Å². The van der Waals surface area contributed by atoms with Gasteiger partial charge in [-0.1, -0.05) is 28.1 Å². The normalized spacial score (nSPS) is 19.2. The van der Waals surface area contributed by atoms with Crippen LogP contribution in [0, 0.1) is 0 Å². The number of β-lactam (4-membered cyclic amide) rings is 1. The number of aromatic nitrogens is 3. The number of carboxylic acids is 2. The summed E-state index contributed by atoms with van der Waals surface area (Å²) < 4.78 is 1.84. The monoisotopic (exact) mass is 648 g/mol. The van der Waals surface area contributed by atoms with E-state index in [9.17, 15) is 24.3 Å². The van der Waals surface area contributed by atoms with Crippen LogP contribution in [0.3, 0.4) is 0 Å². The van der Waals surface area contributed by atoms with Crippen molar-refractivity contribution in [3.63, 3.8) is 0 Å². The van der Waals surface area contributed by atoms with E-state index in [1.807, 2.05) is 22.9 Å². The molecule has 0 saturated carbocycles. The van der Waals surface area contributed by atoms with E-state index >= 15 is 0 Å². The Morgan fingerprint density at radius 3 is 2.86 bits per heavy atom. The first-order valence-electron chi connectivity index (χ1n) is 12.8. The summed E-state index contributed by atoms with van der Waals surface area (Å²) in [6, 6.07) is 2.65. The molecule has 0 aromatic carbocycles. The second kappa shape index (κ2) is 12.2. The highest BCUT2D eigenvalue weighted by molar-refractivity contribution is 8.00. The molecule has 5 heterocycles. The number of nitrogens with zero attached hydrogens (tertiary/aromatic N) is 4. The van der Waals surface area contributed by atoms with E-state index in [1.54, 1.807) is 6.20 Å². The van der Waals surface area contributed by atoms with E-state index in [1.165, 1.54) is 18.7 Å². The Labute approximate surface area is 256 Å². The predicted octanol–water partition coefficient (Wildman–Crippen LogP) is -1.05. The Morgan fingerprint density at radius 2 is 2.21 bits per heavy atom. The van der Waals surface area contributed by atoms with Gasteiger partial charge < -0.3 is 36.6 Å². The quantitative estimate of drug-likeness (QED) is 0.0728. The number of hydrogen-bond donors (Lipinski definition) is 5. The largest absolute Gasteiger partial charge is 0.543 e. The molecule has 2 aliphatic rings. The number of nitrogens with one attached hydrogen (secondary N) is 2. The number of oxime groups is 1. The van der Waals surface area contributed by atoms with Gasteiger partial charge in [0.05, 0.1) is 29.4 Å². The molecule has 0 unspecified atom stereocenters. The molecule has 15 nitrogen and oxygen atoms in total. The Balaban J connectivity index is 1.38. The van der Waals surface area contributed by atoms with Gasteiger partial charge in [0.2, 0.25) is 6.10 Å². The number of carbonyl (C=O) groups excluding carboxylic acids is 3. The third-order valence-electron chi connectivity index (χ3n) is 6.79. The number of fused-ring (bicyclic) bond motifs is 2. The number of anilines is 1. The fourth-order valence-corrected chi connectivity index (χ4v) is 7.00. The van der Waals surface area contributed by atoms with Crippen LogP contribution in [0.2, 0.25) is 4.34 Å². The molecule has 5 rings (SSSR count). The number of nitrogen functional groups attached to an aromatic ring is 1. The number of nitrogens with two attached hydrogens (primary N) is 2. The van der Waals surface area contributed by atoms with Crippen LogP contribution < -0.4 is 26.5 Å². The van der Waals surface area contributed by atoms with Crippen molar-refractivity contribution in [1.82, 2.24) is 20.2 Å². The van der Waals surface area contributed by atoms with Gasteiger partial charge in [0.1, 0.15) is 28.0 Å². The van der Waals surface area contributed by atoms with Gasteiger partial charge in [0.25, 0.3) is 17.5 Å². The van der Waals surface area contributed by atoms with E-state index in [-0.39, 0.29) is 33.2 Å². The minimum Gasteiger partial charge on any atom is -0.543 e. The Kier molecular flexibility index (Phi) is 8.59. The van der Waals surface area contributed by atoms with Crippen molar-refractivity contribution < 1.29 is 38.8 Å². The zero-order valence-corrected chi connectivity index (χ0v) is 24.8. The summed E-state index contributed by atoms with van der Waals surface area (Å²) in [5, 5.41) is 27.8. The average Bonchev–Trinajstić information content (AvgIpc) is 3.53. The van der Waals surface area contributed by atoms with Crippen LogP contribution in [0.15, 0.2) is 41.0 Å². The maximum absolute atomic E-state index is 13.3. The van der Waals surface area contributed by atoms with Crippen LogP contribution in [0.5, 0.6) is 0 Å². The van der Waals surface area contributed by atoms with Crippen LogP contribution in [-0.2, 0) is 37.0 Å².